The van der Waals surface area contributed by atoms with Crippen molar-refractivity contribution >= 4 is 41.2 Å². The number of nitrogens with zero attached hydrogens (tertiary/aromatic N) is 6. The summed E-state index contributed by atoms with van der Waals surface area (Å²) in [7, 11) is 0. The van der Waals surface area contributed by atoms with Crippen LogP contribution in [0.1, 0.15) is 86.3 Å². The van der Waals surface area contributed by atoms with Gasteiger partial charge in [-0.05, 0) is 83.2 Å². The Balaban J connectivity index is 1.39. The van der Waals surface area contributed by atoms with Crippen molar-refractivity contribution in [2.75, 3.05) is 19.0 Å². The lowest BCUT2D eigenvalue weighted by molar-refractivity contribution is 0.0443. The van der Waals surface area contributed by atoms with Crippen molar-refractivity contribution in [3.63, 3.8) is 0 Å². The van der Waals surface area contributed by atoms with Gasteiger partial charge in [0.1, 0.15) is 17.8 Å². The van der Waals surface area contributed by atoms with Crippen LogP contribution < -0.4 is 5.32 Å². The number of carbonyl (C=O) groups excluding carboxylic acids is 2. The predicted octanol–water partition coefficient (Wildman–Crippen LogP) is 6.36. The van der Waals surface area contributed by atoms with Gasteiger partial charge in [-0.15, -0.1) is 22.0 Å². The maximum atomic E-state index is 14.3. The molecule has 2 amide bonds. The van der Waals surface area contributed by atoms with Gasteiger partial charge in [0.25, 0.3) is 5.91 Å². The van der Waals surface area contributed by atoms with Gasteiger partial charge in [0, 0.05) is 42.3 Å². The van der Waals surface area contributed by atoms with Crippen LogP contribution in [-0.2, 0) is 16.7 Å². The van der Waals surface area contributed by atoms with Crippen molar-refractivity contribution in [2.24, 2.45) is 15.0 Å². The standard InChI is InChI=1S/C36H43N7O4S/c1-22-20-48-31(39-22)29-13-10-14-43(29)32(44)25-15-27(26-18-37-21-38-19-26)23(2)28(16-25)30-41-42-33(46-30)36(6,17-24-11-8-7-9-12-24)40-34(45)47-35(3,4)5/h7-9,11-12,15-16,18-19,22,26,29H,10,13-14,17,20-21H2,1-6H3,(H,40,45). The number of aromatic nitrogens is 2. The van der Waals surface area contributed by atoms with E-state index in [1.165, 1.54) is 0 Å². The molecular formula is C36H43N7O4S. The van der Waals surface area contributed by atoms with Crippen molar-refractivity contribution in [3.8, 4) is 11.5 Å². The second kappa shape index (κ2) is 13.7. The Morgan fingerprint density at radius 2 is 1.83 bits per heavy atom. The van der Waals surface area contributed by atoms with Crippen molar-refractivity contribution < 1.29 is 18.7 Å². The number of ether oxygens (including phenoxy) is 1. The highest BCUT2D eigenvalue weighted by Crippen LogP contribution is 2.35. The van der Waals surface area contributed by atoms with Crippen LogP contribution in [0.3, 0.4) is 0 Å². The van der Waals surface area contributed by atoms with Crippen LogP contribution in [0, 0.1) is 6.92 Å². The topological polar surface area (TPSA) is 135 Å². The number of aliphatic imine (C=N–C) groups is 3. The molecule has 1 fully saturated rings. The van der Waals surface area contributed by atoms with Gasteiger partial charge in [-0.1, -0.05) is 30.3 Å². The molecule has 4 heterocycles. The van der Waals surface area contributed by atoms with Gasteiger partial charge in [0.05, 0.1) is 23.0 Å². The normalized spacial score (nSPS) is 20.9. The van der Waals surface area contributed by atoms with Crippen LogP contribution in [0.25, 0.3) is 11.5 Å². The molecule has 0 aliphatic carbocycles. The number of carbonyl (C=O) groups is 2. The zero-order valence-electron chi connectivity index (χ0n) is 28.4. The van der Waals surface area contributed by atoms with E-state index in [1.54, 1.807) is 11.8 Å². The van der Waals surface area contributed by atoms with Crippen molar-refractivity contribution in [1.82, 2.24) is 20.4 Å². The molecule has 1 N–H and O–H groups in total. The fourth-order valence-corrected chi connectivity index (χ4v) is 7.55. The summed E-state index contributed by atoms with van der Waals surface area (Å²) in [6, 6.07) is 13.8. The van der Waals surface area contributed by atoms with Crippen molar-refractivity contribution in [1.29, 1.82) is 0 Å². The molecule has 0 saturated carbocycles. The summed E-state index contributed by atoms with van der Waals surface area (Å²) in [6.07, 6.45) is 5.33. The summed E-state index contributed by atoms with van der Waals surface area (Å²) in [6.45, 7) is 12.4. The third-order valence-electron chi connectivity index (χ3n) is 8.67. The molecule has 1 aromatic heterocycles. The van der Waals surface area contributed by atoms with Gasteiger partial charge in [-0.3, -0.25) is 19.8 Å². The zero-order valence-corrected chi connectivity index (χ0v) is 29.2. The first-order valence-corrected chi connectivity index (χ1v) is 17.4. The SMILES string of the molecule is Cc1c(-c2nnc(C(C)(Cc3ccccc3)NC(=O)OC(C)(C)C)o2)cc(C(=O)N2CCCC2C2=NC(C)CS2)cc1C1C=NCN=C1. The third-order valence-corrected chi connectivity index (χ3v) is 10.00. The van der Waals surface area contributed by atoms with E-state index < -0.39 is 17.2 Å². The lowest BCUT2D eigenvalue weighted by Crippen LogP contribution is -2.47. The summed E-state index contributed by atoms with van der Waals surface area (Å²) in [5.41, 5.74) is 2.11. The Morgan fingerprint density at radius 3 is 2.52 bits per heavy atom. The monoisotopic (exact) mass is 669 g/mol. The van der Waals surface area contributed by atoms with Crippen LogP contribution in [-0.4, -0.2) is 81.2 Å². The van der Waals surface area contributed by atoms with E-state index in [1.807, 2.05) is 94.4 Å². The van der Waals surface area contributed by atoms with E-state index in [0.29, 0.717) is 30.8 Å². The van der Waals surface area contributed by atoms with E-state index in [9.17, 15) is 9.59 Å². The number of alkyl carbamates (subject to hydrolysis) is 1. The van der Waals surface area contributed by atoms with E-state index in [0.717, 1.165) is 40.3 Å². The summed E-state index contributed by atoms with van der Waals surface area (Å²) in [4.78, 5) is 42.9. The van der Waals surface area contributed by atoms with Gasteiger partial charge in [0.15, 0.2) is 0 Å². The summed E-state index contributed by atoms with van der Waals surface area (Å²) < 4.78 is 12.0. The van der Waals surface area contributed by atoms with Crippen LogP contribution in [0.4, 0.5) is 4.79 Å². The molecule has 0 radical (unpaired) electrons. The Labute approximate surface area is 285 Å². The minimum atomic E-state index is -1.10. The highest BCUT2D eigenvalue weighted by Gasteiger charge is 2.38. The van der Waals surface area contributed by atoms with E-state index in [-0.39, 0.29) is 35.7 Å². The lowest BCUT2D eigenvalue weighted by atomic mass is 9.90. The molecule has 6 rings (SSSR count). The zero-order chi connectivity index (χ0) is 34.1. The first-order chi connectivity index (χ1) is 22.9. The minimum Gasteiger partial charge on any atom is -0.444 e. The number of benzene rings is 2. The average molecular weight is 670 g/mol. The largest absolute Gasteiger partial charge is 0.444 e. The fraction of sp³-hybridized carbons (Fsp3) is 0.472. The number of likely N-dealkylation sites (tertiary alicyclic amines) is 1. The molecule has 48 heavy (non-hydrogen) atoms. The quantitative estimate of drug-likeness (QED) is 0.295. The summed E-state index contributed by atoms with van der Waals surface area (Å²) >= 11 is 1.75. The molecule has 3 atom stereocenters. The Hall–Kier alpha value is -4.32. The number of rotatable bonds is 8. The van der Waals surface area contributed by atoms with Gasteiger partial charge in [-0.2, -0.15) is 0 Å². The second-order valence-electron chi connectivity index (χ2n) is 13.9. The molecule has 3 aliphatic heterocycles. The highest BCUT2D eigenvalue weighted by molar-refractivity contribution is 8.14. The lowest BCUT2D eigenvalue weighted by Gasteiger charge is -2.29. The van der Waals surface area contributed by atoms with Crippen LogP contribution >= 0.6 is 11.8 Å². The van der Waals surface area contributed by atoms with Crippen LogP contribution in [0.2, 0.25) is 0 Å². The van der Waals surface area contributed by atoms with Crippen molar-refractivity contribution in [3.05, 3.63) is 70.6 Å². The number of hydrogen-bond acceptors (Lipinski definition) is 10. The Morgan fingerprint density at radius 1 is 1.08 bits per heavy atom. The molecule has 2 aromatic carbocycles. The van der Waals surface area contributed by atoms with E-state index in [2.05, 4.69) is 32.4 Å². The number of thioether (sulfide) groups is 1. The smallest absolute Gasteiger partial charge is 0.408 e. The molecule has 11 nitrogen and oxygen atoms in total. The molecule has 3 unspecified atom stereocenters. The first kappa shape index (κ1) is 33.6. The number of hydrogen-bond donors (Lipinski definition) is 1. The van der Waals surface area contributed by atoms with Crippen LogP contribution in [0.15, 0.2) is 61.9 Å². The highest BCUT2D eigenvalue weighted by atomic mass is 32.2. The molecular weight excluding hydrogens is 627 g/mol. The molecule has 252 valence electrons. The Bertz CT molecular complexity index is 1750. The summed E-state index contributed by atoms with van der Waals surface area (Å²) in [5, 5.41) is 13.0. The minimum absolute atomic E-state index is 0.0221. The third kappa shape index (κ3) is 7.38. The maximum absolute atomic E-state index is 14.3. The van der Waals surface area contributed by atoms with Gasteiger partial charge in [0.2, 0.25) is 11.8 Å². The maximum Gasteiger partial charge on any atom is 0.408 e. The molecule has 0 spiro atoms. The van der Waals surface area contributed by atoms with Crippen LogP contribution in [0.5, 0.6) is 0 Å². The molecule has 3 aliphatic rings. The molecule has 12 heteroatoms. The molecule has 3 aromatic rings. The van der Waals surface area contributed by atoms with Crippen molar-refractivity contribution in [2.45, 2.75) is 89.9 Å². The molecule has 1 saturated heterocycles. The average Bonchev–Trinajstić information content (AvgIpc) is 3.82. The second-order valence-corrected chi connectivity index (χ2v) is 14.9. The number of nitrogens with one attached hydrogen (secondary N) is 1. The Kier molecular flexibility index (Phi) is 9.55. The van der Waals surface area contributed by atoms with E-state index >= 15 is 0 Å². The molecule has 0 bridgehead atoms. The van der Waals surface area contributed by atoms with Gasteiger partial charge in [-0.25, -0.2) is 4.79 Å². The predicted molar refractivity (Wildman–Crippen MR) is 189 cm³/mol. The van der Waals surface area contributed by atoms with Gasteiger partial charge >= 0.3 is 6.09 Å². The van der Waals surface area contributed by atoms with Gasteiger partial charge < -0.3 is 19.4 Å². The van der Waals surface area contributed by atoms with E-state index in [4.69, 9.17) is 14.1 Å². The fourth-order valence-electron chi connectivity index (χ4n) is 6.37. The summed E-state index contributed by atoms with van der Waals surface area (Å²) in [5.74, 6) is 1.13. The number of amides is 2. The first-order valence-electron chi connectivity index (χ1n) is 16.5.